The zero-order chi connectivity index (χ0) is 12.0. The van der Waals surface area contributed by atoms with Crippen LogP contribution in [0.1, 0.15) is 51.4 Å². The third-order valence-corrected chi connectivity index (χ3v) is 7.06. The third kappa shape index (κ3) is 1.99. The molecule has 2 nitrogen and oxygen atoms in total. The lowest BCUT2D eigenvalue weighted by atomic mass is 9.89. The van der Waals surface area contributed by atoms with Crippen LogP contribution in [0.5, 0.6) is 0 Å². The van der Waals surface area contributed by atoms with Crippen LogP contribution in [-0.2, 0) is 0 Å². The lowest BCUT2D eigenvalue weighted by molar-refractivity contribution is 0.355. The van der Waals surface area contributed by atoms with E-state index in [0.29, 0.717) is 5.41 Å². The minimum atomic E-state index is 0.588. The summed E-state index contributed by atoms with van der Waals surface area (Å²) in [5.41, 5.74) is 0.588. The normalized spacial score (nSPS) is 41.3. The van der Waals surface area contributed by atoms with Gasteiger partial charge in [0.05, 0.1) is 0 Å². The quantitative estimate of drug-likeness (QED) is 0.784. The highest BCUT2D eigenvalue weighted by Crippen LogP contribution is 2.46. The maximum atomic E-state index is 4.88. The molecule has 1 aliphatic heterocycles. The number of fused-ring (bicyclic) bond motifs is 2. The summed E-state index contributed by atoms with van der Waals surface area (Å²) in [5, 5.41) is 5.04. The van der Waals surface area contributed by atoms with E-state index in [1.807, 2.05) is 11.8 Å². The van der Waals surface area contributed by atoms with E-state index < -0.39 is 0 Å². The monoisotopic (exact) mass is 264 g/mol. The molecule has 0 aromatic rings. The van der Waals surface area contributed by atoms with Gasteiger partial charge in [0.15, 0.2) is 5.17 Å². The first-order valence-electron chi connectivity index (χ1n) is 7.77. The van der Waals surface area contributed by atoms with Crippen LogP contribution in [0, 0.1) is 17.3 Å². The summed E-state index contributed by atoms with van der Waals surface area (Å²) in [5.74, 6) is 3.31. The fourth-order valence-corrected chi connectivity index (χ4v) is 5.86. The Morgan fingerprint density at radius 1 is 1.17 bits per heavy atom. The second-order valence-corrected chi connectivity index (χ2v) is 8.01. The molecule has 0 saturated heterocycles. The van der Waals surface area contributed by atoms with Crippen LogP contribution in [0.2, 0.25) is 0 Å². The molecule has 0 aromatic heterocycles. The molecule has 18 heavy (non-hydrogen) atoms. The van der Waals surface area contributed by atoms with Crippen LogP contribution in [0.4, 0.5) is 0 Å². The van der Waals surface area contributed by atoms with Gasteiger partial charge in [-0.3, -0.25) is 4.99 Å². The van der Waals surface area contributed by atoms with Gasteiger partial charge in [0.25, 0.3) is 0 Å². The molecule has 0 amide bonds. The first kappa shape index (κ1) is 11.6. The van der Waals surface area contributed by atoms with Gasteiger partial charge >= 0.3 is 0 Å². The number of nitrogens with zero attached hydrogens (tertiary/aromatic N) is 1. The summed E-state index contributed by atoms with van der Waals surface area (Å²) >= 11 is 2.01. The Kier molecular flexibility index (Phi) is 2.86. The third-order valence-electron chi connectivity index (χ3n) is 5.78. The number of hydrogen-bond donors (Lipinski definition) is 1. The van der Waals surface area contributed by atoms with Crippen LogP contribution in [0.15, 0.2) is 4.99 Å². The van der Waals surface area contributed by atoms with E-state index in [1.54, 1.807) is 0 Å². The molecule has 3 fully saturated rings. The second-order valence-electron chi connectivity index (χ2n) is 7.04. The Morgan fingerprint density at radius 3 is 2.67 bits per heavy atom. The Labute approximate surface area is 114 Å². The van der Waals surface area contributed by atoms with Crippen molar-refractivity contribution in [3.8, 4) is 0 Å². The van der Waals surface area contributed by atoms with Crippen LogP contribution in [0.25, 0.3) is 0 Å². The van der Waals surface area contributed by atoms with E-state index in [1.165, 1.54) is 62.3 Å². The van der Waals surface area contributed by atoms with Crippen LogP contribution in [0.3, 0.4) is 0 Å². The second kappa shape index (κ2) is 4.43. The van der Waals surface area contributed by atoms with Crippen molar-refractivity contribution < 1.29 is 0 Å². The maximum Gasteiger partial charge on any atom is 0.156 e. The fraction of sp³-hybridized carbons (Fsp3) is 0.933. The fourth-order valence-electron chi connectivity index (χ4n) is 4.65. The van der Waals surface area contributed by atoms with E-state index in [0.717, 1.165) is 24.4 Å². The predicted octanol–water partition coefficient (Wildman–Crippen LogP) is 3.43. The first-order chi connectivity index (χ1) is 8.83. The zero-order valence-corrected chi connectivity index (χ0v) is 12.0. The van der Waals surface area contributed by atoms with Gasteiger partial charge in [0.2, 0.25) is 0 Å². The highest BCUT2D eigenvalue weighted by molar-refractivity contribution is 8.13. The lowest BCUT2D eigenvalue weighted by Gasteiger charge is -2.33. The molecule has 3 unspecified atom stereocenters. The maximum absolute atomic E-state index is 4.88. The van der Waals surface area contributed by atoms with E-state index in [9.17, 15) is 0 Å². The van der Waals surface area contributed by atoms with E-state index in [2.05, 4.69) is 5.32 Å². The van der Waals surface area contributed by atoms with Crippen molar-refractivity contribution in [3.05, 3.63) is 0 Å². The molecule has 4 rings (SSSR count). The van der Waals surface area contributed by atoms with Crippen LogP contribution < -0.4 is 5.32 Å². The van der Waals surface area contributed by atoms with Gasteiger partial charge in [-0.1, -0.05) is 31.0 Å². The van der Waals surface area contributed by atoms with Crippen molar-refractivity contribution in [3.63, 3.8) is 0 Å². The van der Waals surface area contributed by atoms with Crippen molar-refractivity contribution in [1.29, 1.82) is 0 Å². The number of nitrogens with one attached hydrogen (secondary N) is 1. The molecule has 1 heterocycles. The number of aliphatic imine (C=N–C) groups is 1. The van der Waals surface area contributed by atoms with E-state index in [-0.39, 0.29) is 0 Å². The van der Waals surface area contributed by atoms with Crippen molar-refractivity contribution >= 4 is 16.9 Å². The molecule has 0 aromatic carbocycles. The molecule has 1 spiro atoms. The Morgan fingerprint density at radius 2 is 2.06 bits per heavy atom. The summed E-state index contributed by atoms with van der Waals surface area (Å²) < 4.78 is 0. The van der Waals surface area contributed by atoms with Crippen LogP contribution >= 0.6 is 11.8 Å². The molecule has 3 saturated carbocycles. The predicted molar refractivity (Wildman–Crippen MR) is 78.0 cm³/mol. The van der Waals surface area contributed by atoms with Crippen molar-refractivity contribution in [2.75, 3.05) is 12.3 Å². The number of rotatable bonds is 1. The Balaban J connectivity index is 1.37. The van der Waals surface area contributed by atoms with Gasteiger partial charge in [-0.25, -0.2) is 0 Å². The Bertz CT molecular complexity index is 360. The molecular weight excluding hydrogens is 240 g/mol. The van der Waals surface area contributed by atoms with E-state index in [4.69, 9.17) is 4.99 Å². The SMILES string of the molecule is C1CCC2(C1)CN=C(NC1CC3CCC1C3)SC2. The molecule has 1 N–H and O–H groups in total. The van der Waals surface area contributed by atoms with Gasteiger partial charge in [0.1, 0.15) is 0 Å². The smallest absolute Gasteiger partial charge is 0.156 e. The largest absolute Gasteiger partial charge is 0.362 e. The summed E-state index contributed by atoms with van der Waals surface area (Å²) in [4.78, 5) is 4.88. The molecular formula is C15H24N2S. The minimum Gasteiger partial charge on any atom is -0.362 e. The molecule has 3 heteroatoms. The topological polar surface area (TPSA) is 24.4 Å². The standard InChI is InChI=1S/C15H24N2S/c1-2-6-15(5-1)9-16-14(18-10-15)17-13-8-11-3-4-12(13)7-11/h11-13H,1-10H2,(H,16,17). The number of hydrogen-bond acceptors (Lipinski definition) is 3. The van der Waals surface area contributed by atoms with Gasteiger partial charge in [-0.2, -0.15) is 0 Å². The van der Waals surface area contributed by atoms with Gasteiger partial charge in [0, 0.05) is 18.3 Å². The Hall–Kier alpha value is -0.180. The van der Waals surface area contributed by atoms with Crippen molar-refractivity contribution in [1.82, 2.24) is 5.32 Å². The van der Waals surface area contributed by atoms with E-state index >= 15 is 0 Å². The number of thioether (sulfide) groups is 1. The summed E-state index contributed by atoms with van der Waals surface area (Å²) in [6.45, 7) is 1.10. The van der Waals surface area contributed by atoms with Gasteiger partial charge < -0.3 is 5.32 Å². The molecule has 4 aliphatic rings. The molecule has 3 atom stereocenters. The van der Waals surface area contributed by atoms with Gasteiger partial charge in [-0.05, 0) is 49.4 Å². The highest BCUT2D eigenvalue weighted by atomic mass is 32.2. The molecule has 2 bridgehead atoms. The first-order valence-corrected chi connectivity index (χ1v) is 8.75. The highest BCUT2D eigenvalue weighted by Gasteiger charge is 2.41. The zero-order valence-electron chi connectivity index (χ0n) is 11.2. The average molecular weight is 264 g/mol. The molecule has 100 valence electrons. The minimum absolute atomic E-state index is 0.588. The molecule has 0 radical (unpaired) electrons. The van der Waals surface area contributed by atoms with Gasteiger partial charge in [-0.15, -0.1) is 0 Å². The average Bonchev–Trinajstić information content (AvgIpc) is 3.09. The van der Waals surface area contributed by atoms with Crippen molar-refractivity contribution in [2.45, 2.75) is 57.4 Å². The number of amidine groups is 1. The summed E-state index contributed by atoms with van der Waals surface area (Å²) in [6, 6.07) is 0.757. The van der Waals surface area contributed by atoms with Crippen molar-refractivity contribution in [2.24, 2.45) is 22.2 Å². The summed E-state index contributed by atoms with van der Waals surface area (Å²) in [7, 11) is 0. The van der Waals surface area contributed by atoms with Crippen LogP contribution in [-0.4, -0.2) is 23.5 Å². The lowest BCUT2D eigenvalue weighted by Crippen LogP contribution is -2.40. The molecule has 3 aliphatic carbocycles. The summed E-state index contributed by atoms with van der Waals surface area (Å²) in [6.07, 6.45) is 11.6.